The van der Waals surface area contributed by atoms with Crippen LogP contribution in [-0.4, -0.2) is 20.4 Å². The molecule has 4 aromatic rings. The molecule has 0 spiro atoms. The van der Waals surface area contributed by atoms with E-state index in [-0.39, 0.29) is 5.75 Å². The summed E-state index contributed by atoms with van der Waals surface area (Å²) in [5.74, 6) is 0.229. The standard InChI is InChI=1S/C21H17ClN4O2/c22-15-5-3-4-13(10-15)11-24-21-19(16-6-1-2-7-17(16)27)25-18-9-8-14(20(23)28)12-26(18)21/h1-10,12,24,27H,11H2,(H2,23,28). The van der Waals surface area contributed by atoms with Crippen LogP contribution in [0, 0.1) is 0 Å². The Hall–Kier alpha value is -3.51. The highest BCUT2D eigenvalue weighted by Crippen LogP contribution is 2.34. The molecule has 7 heteroatoms. The minimum absolute atomic E-state index is 0.117. The first kappa shape index (κ1) is 17.9. The lowest BCUT2D eigenvalue weighted by molar-refractivity contribution is 0.1000. The molecule has 0 aliphatic rings. The average molecular weight is 393 g/mol. The van der Waals surface area contributed by atoms with Gasteiger partial charge in [0.15, 0.2) is 0 Å². The van der Waals surface area contributed by atoms with E-state index < -0.39 is 5.91 Å². The normalized spacial score (nSPS) is 10.9. The van der Waals surface area contributed by atoms with Crippen molar-refractivity contribution in [3.8, 4) is 17.0 Å². The molecule has 0 atom stereocenters. The van der Waals surface area contributed by atoms with Crippen molar-refractivity contribution in [2.24, 2.45) is 5.73 Å². The van der Waals surface area contributed by atoms with Crippen molar-refractivity contribution in [2.45, 2.75) is 6.54 Å². The van der Waals surface area contributed by atoms with E-state index in [4.69, 9.17) is 17.3 Å². The summed E-state index contributed by atoms with van der Waals surface area (Å²) < 4.78 is 1.76. The molecule has 1 amide bonds. The quantitative estimate of drug-likeness (QED) is 0.477. The van der Waals surface area contributed by atoms with Crippen molar-refractivity contribution in [2.75, 3.05) is 5.32 Å². The van der Waals surface area contributed by atoms with Crippen LogP contribution < -0.4 is 11.1 Å². The van der Waals surface area contributed by atoms with E-state index in [0.29, 0.717) is 39.9 Å². The molecule has 2 heterocycles. The summed E-state index contributed by atoms with van der Waals surface area (Å²) in [5, 5.41) is 14.3. The summed E-state index contributed by atoms with van der Waals surface area (Å²) in [6.07, 6.45) is 1.63. The van der Waals surface area contributed by atoms with Gasteiger partial charge in [-0.25, -0.2) is 4.98 Å². The smallest absolute Gasteiger partial charge is 0.250 e. The van der Waals surface area contributed by atoms with Gasteiger partial charge in [-0.15, -0.1) is 0 Å². The molecule has 0 radical (unpaired) electrons. The van der Waals surface area contributed by atoms with E-state index in [0.717, 1.165) is 5.56 Å². The second-order valence-corrected chi connectivity index (χ2v) is 6.76. The number of nitrogens with two attached hydrogens (primary N) is 1. The number of fused-ring (bicyclic) bond motifs is 1. The number of phenols is 1. The Morgan fingerprint density at radius 3 is 2.71 bits per heavy atom. The lowest BCUT2D eigenvalue weighted by atomic mass is 10.1. The molecular formula is C21H17ClN4O2. The number of pyridine rings is 1. The Bertz CT molecular complexity index is 1190. The molecule has 0 bridgehead atoms. The number of aromatic nitrogens is 2. The van der Waals surface area contributed by atoms with Gasteiger partial charge in [0.25, 0.3) is 0 Å². The van der Waals surface area contributed by atoms with E-state index in [9.17, 15) is 9.90 Å². The predicted molar refractivity (Wildman–Crippen MR) is 110 cm³/mol. The van der Waals surface area contributed by atoms with Crippen molar-refractivity contribution in [3.63, 3.8) is 0 Å². The maximum absolute atomic E-state index is 11.6. The van der Waals surface area contributed by atoms with Gasteiger partial charge < -0.3 is 16.2 Å². The summed E-state index contributed by atoms with van der Waals surface area (Å²) in [6.45, 7) is 0.482. The van der Waals surface area contributed by atoms with Gasteiger partial charge >= 0.3 is 0 Å². The Labute approximate surface area is 166 Å². The highest BCUT2D eigenvalue weighted by molar-refractivity contribution is 6.30. The zero-order valence-corrected chi connectivity index (χ0v) is 15.5. The largest absolute Gasteiger partial charge is 0.507 e. The maximum atomic E-state index is 11.6. The third kappa shape index (κ3) is 3.37. The van der Waals surface area contributed by atoms with Gasteiger partial charge in [0.2, 0.25) is 5.91 Å². The second-order valence-electron chi connectivity index (χ2n) is 6.32. The molecule has 6 nitrogen and oxygen atoms in total. The third-order valence-electron chi connectivity index (χ3n) is 4.41. The number of halogens is 1. The van der Waals surface area contributed by atoms with Crippen LogP contribution in [-0.2, 0) is 6.54 Å². The highest BCUT2D eigenvalue weighted by Gasteiger charge is 2.17. The first-order valence-corrected chi connectivity index (χ1v) is 8.99. The van der Waals surface area contributed by atoms with Crippen LogP contribution in [0.5, 0.6) is 5.75 Å². The van der Waals surface area contributed by atoms with E-state index in [1.54, 1.807) is 40.9 Å². The predicted octanol–water partition coefficient (Wildman–Crippen LogP) is 4.07. The van der Waals surface area contributed by atoms with Crippen LogP contribution in [0.25, 0.3) is 16.9 Å². The monoisotopic (exact) mass is 392 g/mol. The summed E-state index contributed by atoms with van der Waals surface area (Å²) >= 11 is 6.07. The van der Waals surface area contributed by atoms with Gasteiger partial charge in [0, 0.05) is 23.3 Å². The number of rotatable bonds is 5. The molecule has 140 valence electrons. The number of carbonyl (C=O) groups excluding carboxylic acids is 1. The van der Waals surface area contributed by atoms with Crippen LogP contribution >= 0.6 is 11.6 Å². The Morgan fingerprint density at radius 1 is 1.14 bits per heavy atom. The lowest BCUT2D eigenvalue weighted by Gasteiger charge is -2.10. The second kappa shape index (κ2) is 7.25. The van der Waals surface area contributed by atoms with Crippen molar-refractivity contribution >= 4 is 29.0 Å². The van der Waals surface area contributed by atoms with Gasteiger partial charge in [-0.05, 0) is 42.0 Å². The number of benzene rings is 2. The van der Waals surface area contributed by atoms with Crippen LogP contribution in [0.1, 0.15) is 15.9 Å². The minimum atomic E-state index is -0.527. The molecule has 2 aromatic heterocycles. The number of imidazole rings is 1. The van der Waals surface area contributed by atoms with E-state index in [1.807, 2.05) is 30.3 Å². The summed E-state index contributed by atoms with van der Waals surface area (Å²) in [5.41, 5.74) is 8.55. The molecule has 0 saturated carbocycles. The molecule has 2 aromatic carbocycles. The maximum Gasteiger partial charge on any atom is 0.250 e. The first-order chi connectivity index (χ1) is 13.5. The van der Waals surface area contributed by atoms with Crippen molar-refractivity contribution in [1.82, 2.24) is 9.38 Å². The fourth-order valence-electron chi connectivity index (χ4n) is 3.05. The van der Waals surface area contributed by atoms with E-state index in [1.165, 1.54) is 0 Å². The van der Waals surface area contributed by atoms with Crippen molar-refractivity contribution in [1.29, 1.82) is 0 Å². The van der Waals surface area contributed by atoms with Gasteiger partial charge in [0.05, 0.1) is 5.56 Å². The molecule has 0 fully saturated rings. The average Bonchev–Trinajstić information content (AvgIpc) is 3.04. The van der Waals surface area contributed by atoms with E-state index in [2.05, 4.69) is 10.3 Å². The molecular weight excluding hydrogens is 376 g/mol. The van der Waals surface area contributed by atoms with Gasteiger partial charge in [0.1, 0.15) is 22.9 Å². The number of anilines is 1. The van der Waals surface area contributed by atoms with Crippen LogP contribution in [0.4, 0.5) is 5.82 Å². The molecule has 0 aliphatic heterocycles. The van der Waals surface area contributed by atoms with Crippen molar-refractivity contribution in [3.05, 3.63) is 83.0 Å². The number of carbonyl (C=O) groups is 1. The fourth-order valence-corrected chi connectivity index (χ4v) is 3.27. The van der Waals surface area contributed by atoms with Crippen LogP contribution in [0.3, 0.4) is 0 Å². The van der Waals surface area contributed by atoms with Gasteiger partial charge in [-0.2, -0.15) is 0 Å². The molecule has 0 unspecified atom stereocenters. The third-order valence-corrected chi connectivity index (χ3v) is 4.65. The lowest BCUT2D eigenvalue weighted by Crippen LogP contribution is -2.12. The SMILES string of the molecule is NC(=O)c1ccc2nc(-c3ccccc3O)c(NCc3cccc(Cl)c3)n2c1. The number of para-hydroxylation sites is 1. The summed E-state index contributed by atoms with van der Waals surface area (Å²) in [4.78, 5) is 16.3. The van der Waals surface area contributed by atoms with Crippen LogP contribution in [0.15, 0.2) is 66.9 Å². The number of nitrogens with one attached hydrogen (secondary N) is 1. The Morgan fingerprint density at radius 2 is 1.96 bits per heavy atom. The topological polar surface area (TPSA) is 92.7 Å². The number of hydrogen-bond acceptors (Lipinski definition) is 4. The minimum Gasteiger partial charge on any atom is -0.507 e. The number of hydrogen-bond donors (Lipinski definition) is 3. The van der Waals surface area contributed by atoms with Gasteiger partial charge in [-0.1, -0.05) is 35.9 Å². The molecule has 28 heavy (non-hydrogen) atoms. The highest BCUT2D eigenvalue weighted by atomic mass is 35.5. The zero-order chi connectivity index (χ0) is 19.7. The molecule has 0 aliphatic carbocycles. The molecule has 4 N–H and O–H groups in total. The zero-order valence-electron chi connectivity index (χ0n) is 14.8. The first-order valence-electron chi connectivity index (χ1n) is 8.61. The van der Waals surface area contributed by atoms with Crippen LogP contribution in [0.2, 0.25) is 5.02 Å². The number of primary amides is 1. The van der Waals surface area contributed by atoms with E-state index >= 15 is 0 Å². The number of aromatic hydroxyl groups is 1. The molecule has 0 saturated heterocycles. The number of amides is 1. The Kier molecular flexibility index (Phi) is 4.63. The van der Waals surface area contributed by atoms with Gasteiger partial charge in [-0.3, -0.25) is 9.20 Å². The Balaban J connectivity index is 1.84. The molecule has 4 rings (SSSR count). The summed E-state index contributed by atoms with van der Waals surface area (Å²) in [7, 11) is 0. The van der Waals surface area contributed by atoms with Crippen molar-refractivity contribution < 1.29 is 9.90 Å². The number of nitrogens with zero attached hydrogens (tertiary/aromatic N) is 2. The summed E-state index contributed by atoms with van der Waals surface area (Å²) in [6, 6.07) is 17.8. The number of phenolic OH excluding ortho intramolecular Hbond substituents is 1. The fraction of sp³-hybridized carbons (Fsp3) is 0.0476.